The van der Waals surface area contributed by atoms with Crippen LogP contribution in [0.25, 0.3) is 0 Å². The maximum Gasteiger partial charge on any atom is 0.337 e. The Morgan fingerprint density at radius 3 is 2.60 bits per heavy atom. The van der Waals surface area contributed by atoms with Gasteiger partial charge in [-0.25, -0.2) is 9.18 Å². The lowest BCUT2D eigenvalue weighted by Gasteiger charge is -2.08. The van der Waals surface area contributed by atoms with Crippen LogP contribution in [0, 0.1) is 17.1 Å². The van der Waals surface area contributed by atoms with Crippen molar-refractivity contribution >= 4 is 11.7 Å². The van der Waals surface area contributed by atoms with E-state index in [1.807, 2.05) is 6.07 Å². The number of carbonyl (C=O) groups is 1. The largest absolute Gasteiger partial charge is 0.478 e. The van der Waals surface area contributed by atoms with Crippen LogP contribution in [-0.4, -0.2) is 11.1 Å². The third-order valence-electron chi connectivity index (χ3n) is 2.54. The SMILES string of the molecule is N#Cc1ccc(Oc2ccc(C(=O)O)c(N)c2)c(F)c1. The second kappa shape index (κ2) is 5.28. The lowest BCUT2D eigenvalue weighted by molar-refractivity contribution is 0.0698. The number of carboxylic acids is 1. The number of carboxylic acid groups (broad SMARTS) is 1. The molecule has 2 aromatic carbocycles. The minimum atomic E-state index is -1.15. The molecule has 0 aromatic heterocycles. The van der Waals surface area contributed by atoms with Gasteiger partial charge < -0.3 is 15.6 Å². The van der Waals surface area contributed by atoms with Crippen LogP contribution in [0.5, 0.6) is 11.5 Å². The molecule has 0 unspecified atom stereocenters. The predicted octanol–water partition coefficient (Wildman–Crippen LogP) is 2.77. The summed E-state index contributed by atoms with van der Waals surface area (Å²) in [6.45, 7) is 0. The number of hydrogen-bond acceptors (Lipinski definition) is 4. The fraction of sp³-hybridized carbons (Fsp3) is 0. The normalized spacial score (nSPS) is 9.80. The highest BCUT2D eigenvalue weighted by Crippen LogP contribution is 2.27. The van der Waals surface area contributed by atoms with Crippen molar-refractivity contribution in [2.24, 2.45) is 0 Å². The molecule has 0 aliphatic heterocycles. The van der Waals surface area contributed by atoms with E-state index in [9.17, 15) is 9.18 Å². The van der Waals surface area contributed by atoms with Crippen LogP contribution >= 0.6 is 0 Å². The number of nitrogen functional groups attached to an aromatic ring is 1. The molecule has 0 spiro atoms. The number of halogens is 1. The fourth-order valence-corrected chi connectivity index (χ4v) is 1.58. The fourth-order valence-electron chi connectivity index (χ4n) is 1.58. The van der Waals surface area contributed by atoms with Crippen LogP contribution < -0.4 is 10.5 Å². The average Bonchev–Trinajstić information content (AvgIpc) is 2.40. The van der Waals surface area contributed by atoms with E-state index in [4.69, 9.17) is 20.8 Å². The van der Waals surface area contributed by atoms with Crippen LogP contribution in [-0.2, 0) is 0 Å². The first-order valence-electron chi connectivity index (χ1n) is 5.51. The molecule has 0 radical (unpaired) electrons. The summed E-state index contributed by atoms with van der Waals surface area (Å²) in [5.41, 5.74) is 5.70. The molecule has 0 bridgehead atoms. The molecular formula is C14H9FN2O3. The minimum Gasteiger partial charge on any atom is -0.478 e. The summed E-state index contributed by atoms with van der Waals surface area (Å²) in [5, 5.41) is 17.5. The van der Waals surface area contributed by atoms with Crippen molar-refractivity contribution in [2.45, 2.75) is 0 Å². The Morgan fingerprint density at radius 1 is 1.30 bits per heavy atom. The van der Waals surface area contributed by atoms with Gasteiger partial charge in [-0.2, -0.15) is 5.26 Å². The van der Waals surface area contributed by atoms with E-state index in [1.54, 1.807) is 0 Å². The molecule has 0 fully saturated rings. The summed E-state index contributed by atoms with van der Waals surface area (Å²) in [6.07, 6.45) is 0. The highest BCUT2D eigenvalue weighted by Gasteiger charge is 2.10. The van der Waals surface area contributed by atoms with Crippen LogP contribution in [0.2, 0.25) is 0 Å². The van der Waals surface area contributed by atoms with Gasteiger partial charge in [0.05, 0.1) is 17.2 Å². The average molecular weight is 272 g/mol. The summed E-state index contributed by atoms with van der Waals surface area (Å²) in [6, 6.07) is 9.52. The molecule has 100 valence electrons. The maximum atomic E-state index is 13.6. The second-order valence-corrected chi connectivity index (χ2v) is 3.91. The van der Waals surface area contributed by atoms with E-state index in [-0.39, 0.29) is 28.3 Å². The van der Waals surface area contributed by atoms with Gasteiger partial charge in [0.25, 0.3) is 0 Å². The molecule has 6 heteroatoms. The predicted molar refractivity (Wildman–Crippen MR) is 69.0 cm³/mol. The van der Waals surface area contributed by atoms with E-state index in [1.165, 1.54) is 30.3 Å². The van der Waals surface area contributed by atoms with Gasteiger partial charge in [0, 0.05) is 11.8 Å². The highest BCUT2D eigenvalue weighted by atomic mass is 19.1. The minimum absolute atomic E-state index is 0.0176. The Hall–Kier alpha value is -3.07. The number of ether oxygens (including phenoxy) is 1. The van der Waals surface area contributed by atoms with E-state index in [2.05, 4.69) is 0 Å². The number of rotatable bonds is 3. The number of aromatic carboxylic acids is 1. The first-order chi connectivity index (χ1) is 9.51. The van der Waals surface area contributed by atoms with E-state index in [0.717, 1.165) is 6.07 Å². The van der Waals surface area contributed by atoms with Crippen molar-refractivity contribution in [2.75, 3.05) is 5.73 Å². The molecule has 20 heavy (non-hydrogen) atoms. The molecular weight excluding hydrogens is 263 g/mol. The Balaban J connectivity index is 2.29. The maximum absolute atomic E-state index is 13.6. The van der Waals surface area contributed by atoms with Gasteiger partial charge in [-0.05, 0) is 30.3 Å². The van der Waals surface area contributed by atoms with Crippen LogP contribution in [0.1, 0.15) is 15.9 Å². The topological polar surface area (TPSA) is 96.3 Å². The number of nitriles is 1. The molecule has 0 saturated carbocycles. The summed E-state index contributed by atoms with van der Waals surface area (Å²) in [7, 11) is 0. The van der Waals surface area contributed by atoms with Crippen molar-refractivity contribution in [1.29, 1.82) is 5.26 Å². The van der Waals surface area contributed by atoms with Crippen molar-refractivity contribution in [3.8, 4) is 17.6 Å². The molecule has 0 aliphatic rings. The summed E-state index contributed by atoms with van der Waals surface area (Å²) < 4.78 is 18.9. The standard InChI is InChI=1S/C14H9FN2O3/c15-11-5-8(7-16)1-4-13(11)20-9-2-3-10(14(18)19)12(17)6-9/h1-6H,17H2,(H,18,19). The summed E-state index contributed by atoms with van der Waals surface area (Å²) >= 11 is 0. The van der Waals surface area contributed by atoms with Crippen molar-refractivity contribution in [3.63, 3.8) is 0 Å². The second-order valence-electron chi connectivity index (χ2n) is 3.91. The van der Waals surface area contributed by atoms with Gasteiger partial charge in [-0.15, -0.1) is 0 Å². The third-order valence-corrected chi connectivity index (χ3v) is 2.54. The summed E-state index contributed by atoms with van der Waals surface area (Å²) in [5.74, 6) is -1.72. The molecule has 0 atom stereocenters. The number of nitrogens with two attached hydrogens (primary N) is 1. The quantitative estimate of drug-likeness (QED) is 0.837. The monoisotopic (exact) mass is 272 g/mol. The Bertz CT molecular complexity index is 723. The van der Waals surface area contributed by atoms with E-state index < -0.39 is 11.8 Å². The van der Waals surface area contributed by atoms with Gasteiger partial charge in [-0.1, -0.05) is 0 Å². The third kappa shape index (κ3) is 2.67. The molecule has 5 nitrogen and oxygen atoms in total. The zero-order valence-corrected chi connectivity index (χ0v) is 10.1. The molecule has 3 N–H and O–H groups in total. The molecule has 2 aromatic rings. The summed E-state index contributed by atoms with van der Waals surface area (Å²) in [4.78, 5) is 10.8. The van der Waals surface area contributed by atoms with Gasteiger partial charge >= 0.3 is 5.97 Å². The zero-order valence-electron chi connectivity index (χ0n) is 10.1. The number of nitrogens with zero attached hydrogens (tertiary/aromatic N) is 1. The van der Waals surface area contributed by atoms with E-state index in [0.29, 0.717) is 0 Å². The van der Waals surface area contributed by atoms with Crippen molar-refractivity contribution in [3.05, 3.63) is 53.3 Å². The number of anilines is 1. The first kappa shape index (κ1) is 13.4. The van der Waals surface area contributed by atoms with Crippen LogP contribution in [0.15, 0.2) is 36.4 Å². The van der Waals surface area contributed by atoms with Gasteiger partial charge in [-0.3, -0.25) is 0 Å². The number of hydrogen-bond donors (Lipinski definition) is 2. The van der Waals surface area contributed by atoms with Crippen LogP contribution in [0.4, 0.5) is 10.1 Å². The Labute approximate surface area is 113 Å². The number of benzene rings is 2. The van der Waals surface area contributed by atoms with Crippen LogP contribution in [0.3, 0.4) is 0 Å². The molecule has 0 saturated heterocycles. The lowest BCUT2D eigenvalue weighted by Crippen LogP contribution is -2.02. The zero-order chi connectivity index (χ0) is 14.7. The Morgan fingerprint density at radius 2 is 2.05 bits per heavy atom. The molecule has 0 heterocycles. The van der Waals surface area contributed by atoms with Gasteiger partial charge in [0.1, 0.15) is 5.75 Å². The van der Waals surface area contributed by atoms with E-state index >= 15 is 0 Å². The smallest absolute Gasteiger partial charge is 0.337 e. The van der Waals surface area contributed by atoms with Gasteiger partial charge in [0.2, 0.25) is 0 Å². The molecule has 0 aliphatic carbocycles. The van der Waals surface area contributed by atoms with Crippen molar-refractivity contribution in [1.82, 2.24) is 0 Å². The van der Waals surface area contributed by atoms with Crippen molar-refractivity contribution < 1.29 is 19.0 Å². The molecule has 0 amide bonds. The lowest BCUT2D eigenvalue weighted by atomic mass is 10.2. The first-order valence-corrected chi connectivity index (χ1v) is 5.51. The van der Waals surface area contributed by atoms with Gasteiger partial charge in [0.15, 0.2) is 11.6 Å². The highest BCUT2D eigenvalue weighted by molar-refractivity contribution is 5.93. The molecule has 2 rings (SSSR count). The Kier molecular flexibility index (Phi) is 3.53.